The van der Waals surface area contributed by atoms with Gasteiger partial charge < -0.3 is 9.47 Å². The van der Waals surface area contributed by atoms with Gasteiger partial charge in [0.25, 0.3) is 0 Å². The van der Waals surface area contributed by atoms with Crippen molar-refractivity contribution in [2.45, 2.75) is 20.8 Å². The molecule has 0 spiro atoms. The van der Waals surface area contributed by atoms with Crippen molar-refractivity contribution in [1.82, 2.24) is 5.32 Å². The van der Waals surface area contributed by atoms with Gasteiger partial charge in [-0.2, -0.15) is 0 Å². The summed E-state index contributed by atoms with van der Waals surface area (Å²) in [4.78, 5) is 25.1. The highest BCUT2D eigenvalue weighted by Crippen LogP contribution is 2.34. The molecule has 1 atom stereocenters. The maximum Gasteiger partial charge on any atom is 0.328 e. The topological polar surface area (TPSA) is 67.9 Å². The molecule has 3 amide bonds. The van der Waals surface area contributed by atoms with E-state index in [0.29, 0.717) is 36.9 Å². The molecule has 6 heteroatoms. The highest BCUT2D eigenvalue weighted by molar-refractivity contribution is 6.07. The number of nitrogens with one attached hydrogen (secondary N) is 1. The number of ether oxygens (including phenoxy) is 2. The highest BCUT2D eigenvalue weighted by Gasteiger charge is 2.31. The van der Waals surface area contributed by atoms with Gasteiger partial charge in [0, 0.05) is 12.6 Å². The van der Waals surface area contributed by atoms with Gasteiger partial charge >= 0.3 is 6.03 Å². The third-order valence-electron chi connectivity index (χ3n) is 3.21. The fourth-order valence-corrected chi connectivity index (χ4v) is 2.19. The number of hydrogen-bond donors (Lipinski definition) is 1. The summed E-state index contributed by atoms with van der Waals surface area (Å²) >= 11 is 0. The van der Waals surface area contributed by atoms with Crippen LogP contribution in [-0.4, -0.2) is 31.7 Å². The molecular formula is C15H20N2O4. The van der Waals surface area contributed by atoms with Crippen molar-refractivity contribution in [3.8, 4) is 11.5 Å². The van der Waals surface area contributed by atoms with Crippen molar-refractivity contribution in [2.24, 2.45) is 5.92 Å². The molecule has 6 nitrogen and oxygen atoms in total. The van der Waals surface area contributed by atoms with E-state index in [1.54, 1.807) is 25.1 Å². The minimum absolute atomic E-state index is 0.254. The maximum absolute atomic E-state index is 12.1. The van der Waals surface area contributed by atoms with Gasteiger partial charge in [-0.05, 0) is 26.0 Å². The van der Waals surface area contributed by atoms with Gasteiger partial charge in [-0.3, -0.25) is 15.0 Å². The van der Waals surface area contributed by atoms with Gasteiger partial charge in [-0.15, -0.1) is 0 Å². The molecule has 1 aliphatic rings. The molecule has 1 unspecified atom stereocenters. The number of amides is 3. The minimum Gasteiger partial charge on any atom is -0.494 e. The van der Waals surface area contributed by atoms with Crippen molar-refractivity contribution >= 4 is 17.6 Å². The quantitative estimate of drug-likeness (QED) is 0.903. The van der Waals surface area contributed by atoms with Gasteiger partial charge in [0.2, 0.25) is 5.91 Å². The number of benzene rings is 1. The van der Waals surface area contributed by atoms with Crippen molar-refractivity contribution in [1.29, 1.82) is 0 Å². The first-order valence-corrected chi connectivity index (χ1v) is 7.08. The van der Waals surface area contributed by atoms with E-state index < -0.39 is 6.03 Å². The molecule has 0 radical (unpaired) electrons. The van der Waals surface area contributed by atoms with E-state index in [9.17, 15) is 9.59 Å². The molecule has 0 saturated carbocycles. The van der Waals surface area contributed by atoms with E-state index >= 15 is 0 Å². The zero-order valence-electron chi connectivity index (χ0n) is 12.5. The second-order valence-corrected chi connectivity index (χ2v) is 4.80. The number of imide groups is 1. The fraction of sp³-hybridized carbons (Fsp3) is 0.467. The average molecular weight is 292 g/mol. The first-order valence-electron chi connectivity index (χ1n) is 7.08. The monoisotopic (exact) mass is 292 g/mol. The minimum atomic E-state index is -0.437. The lowest BCUT2D eigenvalue weighted by atomic mass is 10.1. The van der Waals surface area contributed by atoms with Crippen LogP contribution in [0, 0.1) is 5.92 Å². The molecule has 2 rings (SSSR count). The van der Waals surface area contributed by atoms with Crippen LogP contribution >= 0.6 is 0 Å². The van der Waals surface area contributed by atoms with E-state index in [-0.39, 0.29) is 11.8 Å². The SMILES string of the molecule is CCOc1ccc(OCC)c(N2CC(C)C(=O)NC2=O)c1. The van der Waals surface area contributed by atoms with E-state index in [2.05, 4.69) is 5.32 Å². The van der Waals surface area contributed by atoms with E-state index in [1.165, 1.54) is 4.90 Å². The Morgan fingerprint density at radius 1 is 1.24 bits per heavy atom. The van der Waals surface area contributed by atoms with Crippen LogP contribution in [-0.2, 0) is 4.79 Å². The fourth-order valence-electron chi connectivity index (χ4n) is 2.19. The van der Waals surface area contributed by atoms with Crippen LogP contribution in [0.3, 0.4) is 0 Å². The van der Waals surface area contributed by atoms with E-state index in [4.69, 9.17) is 9.47 Å². The van der Waals surface area contributed by atoms with Crippen molar-refractivity contribution in [3.05, 3.63) is 18.2 Å². The molecule has 1 N–H and O–H groups in total. The Balaban J connectivity index is 2.36. The lowest BCUT2D eigenvalue weighted by Crippen LogP contribution is -2.54. The predicted molar refractivity (Wildman–Crippen MR) is 78.8 cm³/mol. The van der Waals surface area contributed by atoms with Crippen LogP contribution in [0.5, 0.6) is 11.5 Å². The molecule has 0 aromatic heterocycles. The van der Waals surface area contributed by atoms with Crippen LogP contribution in [0.25, 0.3) is 0 Å². The summed E-state index contributed by atoms with van der Waals surface area (Å²) in [5.74, 6) is 0.731. The summed E-state index contributed by atoms with van der Waals surface area (Å²) in [6.07, 6.45) is 0. The van der Waals surface area contributed by atoms with Crippen molar-refractivity contribution < 1.29 is 19.1 Å². The number of nitrogens with zero attached hydrogens (tertiary/aromatic N) is 1. The Labute approximate surface area is 124 Å². The van der Waals surface area contributed by atoms with Gasteiger partial charge in [0.15, 0.2) is 0 Å². The summed E-state index contributed by atoms with van der Waals surface area (Å²) in [5.41, 5.74) is 0.611. The van der Waals surface area contributed by atoms with Crippen LogP contribution in [0.1, 0.15) is 20.8 Å². The third-order valence-corrected chi connectivity index (χ3v) is 3.21. The Morgan fingerprint density at radius 3 is 2.62 bits per heavy atom. The second kappa shape index (κ2) is 6.47. The van der Waals surface area contributed by atoms with Gasteiger partial charge in [-0.25, -0.2) is 4.79 Å². The molecule has 1 aromatic carbocycles. The number of rotatable bonds is 5. The van der Waals surface area contributed by atoms with E-state index in [1.807, 2.05) is 13.8 Å². The summed E-state index contributed by atoms with van der Waals surface area (Å²) in [5, 5.41) is 2.35. The molecule has 21 heavy (non-hydrogen) atoms. The van der Waals surface area contributed by atoms with Gasteiger partial charge in [-0.1, -0.05) is 6.92 Å². The molecule has 0 bridgehead atoms. The second-order valence-electron chi connectivity index (χ2n) is 4.80. The van der Waals surface area contributed by atoms with Crippen LogP contribution in [0.15, 0.2) is 18.2 Å². The summed E-state index contributed by atoms with van der Waals surface area (Å²) in [6, 6.07) is 4.90. The van der Waals surface area contributed by atoms with E-state index in [0.717, 1.165) is 0 Å². The Bertz CT molecular complexity index is 544. The molecule has 1 aromatic rings. The molecule has 1 fully saturated rings. The van der Waals surface area contributed by atoms with Gasteiger partial charge in [0.05, 0.1) is 24.8 Å². The smallest absolute Gasteiger partial charge is 0.328 e. The molecule has 1 aliphatic heterocycles. The van der Waals surface area contributed by atoms with Crippen LogP contribution in [0.4, 0.5) is 10.5 Å². The molecule has 114 valence electrons. The summed E-state index contributed by atoms with van der Waals surface area (Å²) in [6.45, 7) is 6.90. The lowest BCUT2D eigenvalue weighted by molar-refractivity contribution is -0.123. The number of urea groups is 1. The molecule has 1 heterocycles. The standard InChI is InChI=1S/C15H20N2O4/c1-4-20-11-6-7-13(21-5-2)12(8-11)17-9-10(3)14(18)16-15(17)19/h6-8,10H,4-5,9H2,1-3H3,(H,16,18,19). The van der Waals surface area contributed by atoms with Crippen molar-refractivity contribution in [2.75, 3.05) is 24.7 Å². The number of anilines is 1. The molecular weight excluding hydrogens is 272 g/mol. The zero-order chi connectivity index (χ0) is 15.4. The maximum atomic E-state index is 12.1. The Kier molecular flexibility index (Phi) is 4.67. The largest absolute Gasteiger partial charge is 0.494 e. The number of carbonyl (C=O) groups is 2. The van der Waals surface area contributed by atoms with Crippen LogP contribution in [0.2, 0.25) is 0 Å². The summed E-state index contributed by atoms with van der Waals surface area (Å²) < 4.78 is 11.0. The first kappa shape index (κ1) is 15.2. The lowest BCUT2D eigenvalue weighted by Gasteiger charge is -2.31. The summed E-state index contributed by atoms with van der Waals surface area (Å²) in [7, 11) is 0. The Morgan fingerprint density at radius 2 is 1.95 bits per heavy atom. The van der Waals surface area contributed by atoms with Crippen LogP contribution < -0.4 is 19.7 Å². The highest BCUT2D eigenvalue weighted by atomic mass is 16.5. The predicted octanol–water partition coefficient (Wildman–Crippen LogP) is 2.18. The number of carbonyl (C=O) groups excluding carboxylic acids is 2. The van der Waals surface area contributed by atoms with Gasteiger partial charge in [0.1, 0.15) is 11.5 Å². The molecule has 1 saturated heterocycles. The zero-order valence-corrected chi connectivity index (χ0v) is 12.5. The average Bonchev–Trinajstić information content (AvgIpc) is 2.45. The molecule has 0 aliphatic carbocycles. The third kappa shape index (κ3) is 3.26. The first-order chi connectivity index (χ1) is 10.1. The Hall–Kier alpha value is -2.24. The van der Waals surface area contributed by atoms with Crippen molar-refractivity contribution in [3.63, 3.8) is 0 Å². The normalized spacial score (nSPS) is 18.4. The number of hydrogen-bond acceptors (Lipinski definition) is 4.